The largest absolute Gasteiger partial charge is 0.352 e. The van der Waals surface area contributed by atoms with Gasteiger partial charge in [-0.1, -0.05) is 23.3 Å². The molecule has 0 atom stereocenters. The van der Waals surface area contributed by atoms with Crippen LogP contribution in [-0.4, -0.2) is 39.3 Å². The Hall–Kier alpha value is -1.37. The minimum absolute atomic E-state index is 0.0528. The first-order valence-electron chi connectivity index (χ1n) is 8.00. The molecule has 0 bridgehead atoms. The van der Waals surface area contributed by atoms with Gasteiger partial charge in [0, 0.05) is 20.6 Å². The number of sulfonamides is 1. The van der Waals surface area contributed by atoms with Crippen molar-refractivity contribution >= 4 is 27.5 Å². The van der Waals surface area contributed by atoms with Gasteiger partial charge in [-0.2, -0.15) is 0 Å². The number of carbonyl (C=O) groups excluding carboxylic acids is 1. The zero-order chi connectivity index (χ0) is 17.7. The van der Waals surface area contributed by atoms with E-state index in [1.54, 1.807) is 0 Å². The van der Waals surface area contributed by atoms with Crippen molar-refractivity contribution in [2.45, 2.75) is 37.0 Å². The maximum atomic E-state index is 12.3. The summed E-state index contributed by atoms with van der Waals surface area (Å²) in [5.41, 5.74) is 1.55. The molecule has 1 N–H and O–H groups in total. The van der Waals surface area contributed by atoms with E-state index in [0.29, 0.717) is 6.54 Å². The fourth-order valence-corrected chi connectivity index (χ4v) is 3.74. The van der Waals surface area contributed by atoms with E-state index >= 15 is 0 Å². The van der Waals surface area contributed by atoms with Crippen LogP contribution in [0.1, 0.15) is 42.5 Å². The Labute approximate surface area is 148 Å². The number of halogens is 1. The van der Waals surface area contributed by atoms with Crippen LogP contribution in [0.25, 0.3) is 0 Å². The highest BCUT2D eigenvalue weighted by atomic mass is 35.5. The highest BCUT2D eigenvalue weighted by molar-refractivity contribution is 7.89. The molecule has 0 saturated carbocycles. The molecule has 5 nitrogen and oxygen atoms in total. The van der Waals surface area contributed by atoms with Crippen LogP contribution in [0.3, 0.4) is 0 Å². The molecule has 7 heteroatoms. The van der Waals surface area contributed by atoms with E-state index in [0.717, 1.165) is 23.6 Å². The third kappa shape index (κ3) is 4.59. The van der Waals surface area contributed by atoms with E-state index in [1.165, 1.54) is 50.7 Å². The van der Waals surface area contributed by atoms with E-state index in [-0.39, 0.29) is 21.4 Å². The molecule has 0 unspecified atom stereocenters. The van der Waals surface area contributed by atoms with Gasteiger partial charge in [-0.3, -0.25) is 4.79 Å². The van der Waals surface area contributed by atoms with Gasteiger partial charge in [0.25, 0.3) is 5.91 Å². The molecule has 0 aliphatic heterocycles. The van der Waals surface area contributed by atoms with Gasteiger partial charge in [-0.05, 0) is 50.3 Å². The van der Waals surface area contributed by atoms with Crippen molar-refractivity contribution in [3.05, 3.63) is 40.4 Å². The molecule has 0 fully saturated rings. The van der Waals surface area contributed by atoms with Crippen molar-refractivity contribution in [3.8, 4) is 0 Å². The molecule has 0 heterocycles. The minimum Gasteiger partial charge on any atom is -0.352 e. The number of allylic oxidation sites excluding steroid dienone is 1. The molecular formula is C17H23ClN2O3S. The van der Waals surface area contributed by atoms with E-state index in [2.05, 4.69) is 11.4 Å². The number of nitrogens with one attached hydrogen (secondary N) is 1. The second-order valence-corrected chi connectivity index (χ2v) is 8.60. The van der Waals surface area contributed by atoms with Crippen molar-refractivity contribution in [1.29, 1.82) is 0 Å². The van der Waals surface area contributed by atoms with Gasteiger partial charge in [0.05, 0.1) is 15.5 Å². The SMILES string of the molecule is CN(C)S(=O)(=O)c1ccc(Cl)c(C(=O)NCCC2=CCCCC2)c1. The number of carbonyl (C=O) groups is 1. The third-order valence-electron chi connectivity index (χ3n) is 4.08. The first-order chi connectivity index (χ1) is 11.3. The summed E-state index contributed by atoms with van der Waals surface area (Å²) in [6.45, 7) is 0.519. The number of hydrogen-bond acceptors (Lipinski definition) is 3. The molecular weight excluding hydrogens is 348 g/mol. The molecule has 1 amide bonds. The fourth-order valence-electron chi connectivity index (χ4n) is 2.61. The normalized spacial score (nSPS) is 15.2. The second kappa shape index (κ2) is 8.14. The van der Waals surface area contributed by atoms with Gasteiger partial charge >= 0.3 is 0 Å². The summed E-state index contributed by atoms with van der Waals surface area (Å²) in [6.07, 6.45) is 7.70. The lowest BCUT2D eigenvalue weighted by atomic mass is 9.97. The topological polar surface area (TPSA) is 66.5 Å². The van der Waals surface area contributed by atoms with Gasteiger partial charge in [-0.25, -0.2) is 12.7 Å². The first kappa shape index (κ1) is 19.0. The van der Waals surface area contributed by atoms with Crippen LogP contribution in [0.15, 0.2) is 34.7 Å². The zero-order valence-corrected chi connectivity index (χ0v) is 15.6. The average Bonchev–Trinajstić information content (AvgIpc) is 2.55. The van der Waals surface area contributed by atoms with Crippen LogP contribution < -0.4 is 5.32 Å². The predicted molar refractivity (Wildman–Crippen MR) is 95.8 cm³/mol. The molecule has 0 saturated heterocycles. The summed E-state index contributed by atoms with van der Waals surface area (Å²) >= 11 is 6.07. The van der Waals surface area contributed by atoms with Gasteiger partial charge in [-0.15, -0.1) is 0 Å². The van der Waals surface area contributed by atoms with Crippen LogP contribution in [0.5, 0.6) is 0 Å². The van der Waals surface area contributed by atoms with E-state index in [1.807, 2.05) is 0 Å². The van der Waals surface area contributed by atoms with Crippen molar-refractivity contribution in [3.63, 3.8) is 0 Å². The molecule has 1 aromatic carbocycles. The standard InChI is InChI=1S/C17H23ClN2O3S/c1-20(2)24(22,23)14-8-9-16(18)15(12-14)17(21)19-11-10-13-6-4-3-5-7-13/h6,8-9,12H,3-5,7,10-11H2,1-2H3,(H,19,21). The summed E-state index contributed by atoms with van der Waals surface area (Å²) in [5, 5.41) is 3.06. The summed E-state index contributed by atoms with van der Waals surface area (Å²) in [5.74, 6) is -0.354. The van der Waals surface area contributed by atoms with Crippen molar-refractivity contribution in [2.75, 3.05) is 20.6 Å². The monoisotopic (exact) mass is 370 g/mol. The summed E-state index contributed by atoms with van der Waals surface area (Å²) in [6, 6.07) is 4.17. The minimum atomic E-state index is -3.60. The number of hydrogen-bond donors (Lipinski definition) is 1. The number of benzene rings is 1. The van der Waals surface area contributed by atoms with E-state index in [9.17, 15) is 13.2 Å². The van der Waals surface area contributed by atoms with E-state index < -0.39 is 10.0 Å². The highest BCUT2D eigenvalue weighted by Crippen LogP contribution is 2.23. The van der Waals surface area contributed by atoms with Crippen molar-refractivity contribution in [2.24, 2.45) is 0 Å². The molecule has 1 aliphatic carbocycles. The lowest BCUT2D eigenvalue weighted by molar-refractivity contribution is 0.0954. The Morgan fingerprint density at radius 2 is 2.04 bits per heavy atom. The smallest absolute Gasteiger partial charge is 0.252 e. The average molecular weight is 371 g/mol. The number of nitrogens with zero attached hydrogens (tertiary/aromatic N) is 1. The van der Waals surface area contributed by atoms with Crippen LogP contribution in [0.2, 0.25) is 5.02 Å². The molecule has 1 aromatic rings. The fraction of sp³-hybridized carbons (Fsp3) is 0.471. The summed E-state index contributed by atoms with van der Waals surface area (Å²) in [4.78, 5) is 12.4. The quantitative estimate of drug-likeness (QED) is 0.782. The van der Waals surface area contributed by atoms with Crippen molar-refractivity contribution in [1.82, 2.24) is 9.62 Å². The Morgan fingerprint density at radius 1 is 1.29 bits per heavy atom. The lowest BCUT2D eigenvalue weighted by Crippen LogP contribution is -2.26. The number of amides is 1. The first-order valence-corrected chi connectivity index (χ1v) is 9.82. The highest BCUT2D eigenvalue weighted by Gasteiger charge is 2.20. The maximum Gasteiger partial charge on any atom is 0.252 e. The van der Waals surface area contributed by atoms with Crippen LogP contribution in [0.4, 0.5) is 0 Å². The molecule has 0 radical (unpaired) electrons. The Kier molecular flexibility index (Phi) is 6.43. The molecule has 1 aliphatic rings. The van der Waals surface area contributed by atoms with Gasteiger partial charge < -0.3 is 5.32 Å². The Bertz CT molecular complexity index is 742. The molecule has 24 heavy (non-hydrogen) atoms. The molecule has 132 valence electrons. The predicted octanol–water partition coefficient (Wildman–Crippen LogP) is 3.21. The maximum absolute atomic E-state index is 12.3. The summed E-state index contributed by atoms with van der Waals surface area (Å²) in [7, 11) is -0.710. The molecule has 0 aromatic heterocycles. The van der Waals surface area contributed by atoms with E-state index in [4.69, 9.17) is 11.6 Å². The van der Waals surface area contributed by atoms with Gasteiger partial charge in [0.1, 0.15) is 0 Å². The Balaban J connectivity index is 2.07. The van der Waals surface area contributed by atoms with Gasteiger partial charge in [0.2, 0.25) is 10.0 Å². The van der Waals surface area contributed by atoms with Crippen LogP contribution in [-0.2, 0) is 10.0 Å². The Morgan fingerprint density at radius 3 is 2.67 bits per heavy atom. The molecule has 0 spiro atoms. The lowest BCUT2D eigenvalue weighted by Gasteiger charge is -2.14. The zero-order valence-electron chi connectivity index (χ0n) is 14.0. The third-order valence-corrected chi connectivity index (χ3v) is 6.22. The summed E-state index contributed by atoms with van der Waals surface area (Å²) < 4.78 is 25.5. The van der Waals surface area contributed by atoms with Crippen LogP contribution in [0, 0.1) is 0 Å². The van der Waals surface area contributed by atoms with Crippen LogP contribution >= 0.6 is 11.6 Å². The van der Waals surface area contributed by atoms with Gasteiger partial charge in [0.15, 0.2) is 0 Å². The van der Waals surface area contributed by atoms with Crippen molar-refractivity contribution < 1.29 is 13.2 Å². The molecule has 2 rings (SSSR count). The number of rotatable bonds is 6. The second-order valence-electron chi connectivity index (χ2n) is 6.04.